The molecule has 3 rings (SSSR count). The molecule has 1 aromatic heterocycles. The van der Waals surface area contributed by atoms with E-state index in [1.54, 1.807) is 18.4 Å². The van der Waals surface area contributed by atoms with E-state index >= 15 is 0 Å². The van der Waals surface area contributed by atoms with Crippen LogP contribution in [0.15, 0.2) is 40.8 Å². The molecule has 2 aromatic rings. The van der Waals surface area contributed by atoms with E-state index in [0.717, 1.165) is 37.1 Å². The highest BCUT2D eigenvalue weighted by molar-refractivity contribution is 7.13. The van der Waals surface area contributed by atoms with Crippen molar-refractivity contribution in [3.63, 3.8) is 0 Å². The summed E-state index contributed by atoms with van der Waals surface area (Å²) in [6, 6.07) is 8.31. The molecule has 1 fully saturated rings. The van der Waals surface area contributed by atoms with Crippen LogP contribution < -0.4 is 15.4 Å². The molecular weight excluding hydrogens is 360 g/mol. The minimum Gasteiger partial charge on any atom is -0.497 e. The fourth-order valence-corrected chi connectivity index (χ4v) is 3.87. The third-order valence-corrected chi connectivity index (χ3v) is 5.68. The van der Waals surface area contributed by atoms with Gasteiger partial charge in [0.25, 0.3) is 0 Å². The number of aliphatic imine (C=N–C) groups is 1. The summed E-state index contributed by atoms with van der Waals surface area (Å²) in [5.74, 6) is 1.48. The number of rotatable bonds is 6. The van der Waals surface area contributed by atoms with Crippen molar-refractivity contribution in [2.75, 3.05) is 58.8 Å². The average molecular weight is 389 g/mol. The second kappa shape index (κ2) is 9.05. The highest BCUT2D eigenvalue weighted by Gasteiger charge is 2.20. The van der Waals surface area contributed by atoms with Gasteiger partial charge in [0.15, 0.2) is 11.1 Å². The summed E-state index contributed by atoms with van der Waals surface area (Å²) in [6.45, 7) is 4.19. The monoisotopic (exact) mass is 388 g/mol. The number of thiazole rings is 1. The second-order valence-corrected chi connectivity index (χ2v) is 7.61. The number of likely N-dealkylation sites (N-methyl/N-ethyl adjacent to an activating group) is 1. The molecular formula is C19H28N6OS. The summed E-state index contributed by atoms with van der Waals surface area (Å²) >= 11 is 1.68. The number of hydrogen-bond donors (Lipinski definition) is 1. The molecule has 0 saturated carbocycles. The van der Waals surface area contributed by atoms with E-state index in [9.17, 15) is 0 Å². The van der Waals surface area contributed by atoms with Gasteiger partial charge in [0.1, 0.15) is 5.75 Å². The zero-order valence-electron chi connectivity index (χ0n) is 16.2. The maximum Gasteiger partial charge on any atom is 0.191 e. The first-order chi connectivity index (χ1) is 13.1. The molecule has 1 atom stereocenters. The minimum absolute atomic E-state index is 0.172. The van der Waals surface area contributed by atoms with E-state index in [1.165, 1.54) is 5.56 Å². The summed E-state index contributed by atoms with van der Waals surface area (Å²) < 4.78 is 5.25. The van der Waals surface area contributed by atoms with Gasteiger partial charge >= 0.3 is 0 Å². The molecule has 27 heavy (non-hydrogen) atoms. The van der Waals surface area contributed by atoms with Crippen molar-refractivity contribution in [3.05, 3.63) is 41.4 Å². The third-order valence-electron chi connectivity index (χ3n) is 4.84. The summed E-state index contributed by atoms with van der Waals surface area (Å²) in [5, 5.41) is 3.09. The van der Waals surface area contributed by atoms with Crippen molar-refractivity contribution < 1.29 is 4.74 Å². The SMILES string of the molecule is COc1ccc(C(CN=C(N)N2CCN(c3nccs3)CC2)N(C)C)cc1. The molecule has 0 radical (unpaired) electrons. The second-order valence-electron chi connectivity index (χ2n) is 6.74. The smallest absolute Gasteiger partial charge is 0.191 e. The predicted octanol–water partition coefficient (Wildman–Crippen LogP) is 1.89. The molecule has 7 nitrogen and oxygen atoms in total. The first-order valence-electron chi connectivity index (χ1n) is 9.08. The maximum absolute atomic E-state index is 6.29. The van der Waals surface area contributed by atoms with E-state index in [0.29, 0.717) is 12.5 Å². The van der Waals surface area contributed by atoms with E-state index in [4.69, 9.17) is 15.5 Å². The largest absolute Gasteiger partial charge is 0.497 e. The van der Waals surface area contributed by atoms with Crippen LogP contribution in [0, 0.1) is 0 Å². The summed E-state index contributed by atoms with van der Waals surface area (Å²) in [4.78, 5) is 15.7. The Balaban J connectivity index is 1.59. The third kappa shape index (κ3) is 4.90. The summed E-state index contributed by atoms with van der Waals surface area (Å²) in [6.07, 6.45) is 1.85. The predicted molar refractivity (Wildman–Crippen MR) is 112 cm³/mol. The topological polar surface area (TPSA) is 70.2 Å². The molecule has 0 spiro atoms. The Kier molecular flexibility index (Phi) is 6.52. The molecule has 0 bridgehead atoms. The number of piperazine rings is 1. The first-order valence-corrected chi connectivity index (χ1v) is 9.96. The van der Waals surface area contributed by atoms with Gasteiger partial charge in [0.05, 0.1) is 19.7 Å². The quantitative estimate of drug-likeness (QED) is 0.602. The molecule has 1 unspecified atom stereocenters. The van der Waals surface area contributed by atoms with Crippen molar-refractivity contribution >= 4 is 22.4 Å². The number of methoxy groups -OCH3 is 1. The zero-order valence-corrected chi connectivity index (χ0v) is 17.0. The standard InChI is InChI=1S/C19H28N6OS/c1-23(2)17(15-4-6-16(26-3)7-5-15)14-22-18(20)24-9-11-25(12-10-24)19-21-8-13-27-19/h4-8,13,17H,9-12,14H2,1-3H3,(H2,20,22). The van der Waals surface area contributed by atoms with Gasteiger partial charge < -0.3 is 25.2 Å². The number of anilines is 1. The number of guanidine groups is 1. The Morgan fingerprint density at radius 1 is 1.26 bits per heavy atom. The number of ether oxygens (including phenoxy) is 1. The van der Waals surface area contributed by atoms with Crippen LogP contribution in [0.1, 0.15) is 11.6 Å². The van der Waals surface area contributed by atoms with Crippen LogP contribution in [0.3, 0.4) is 0 Å². The lowest BCUT2D eigenvalue weighted by molar-refractivity contribution is 0.304. The minimum atomic E-state index is 0.172. The lowest BCUT2D eigenvalue weighted by Crippen LogP contribution is -2.51. The van der Waals surface area contributed by atoms with Gasteiger partial charge in [-0.2, -0.15) is 0 Å². The van der Waals surface area contributed by atoms with Gasteiger partial charge in [0, 0.05) is 37.8 Å². The van der Waals surface area contributed by atoms with Crippen LogP contribution in [0.5, 0.6) is 5.75 Å². The molecule has 1 aliphatic rings. The molecule has 2 heterocycles. The fraction of sp³-hybridized carbons (Fsp3) is 0.474. The first kappa shape index (κ1) is 19.4. The molecule has 2 N–H and O–H groups in total. The highest BCUT2D eigenvalue weighted by Crippen LogP contribution is 2.22. The van der Waals surface area contributed by atoms with E-state index in [2.05, 4.69) is 45.9 Å². The van der Waals surface area contributed by atoms with Gasteiger partial charge in [0.2, 0.25) is 0 Å². The Labute approximate surface area is 165 Å². The van der Waals surface area contributed by atoms with Gasteiger partial charge in [-0.15, -0.1) is 11.3 Å². The zero-order chi connectivity index (χ0) is 19.2. The van der Waals surface area contributed by atoms with Crippen molar-refractivity contribution in [3.8, 4) is 5.75 Å². The Bertz CT molecular complexity index is 723. The van der Waals surface area contributed by atoms with E-state index in [1.807, 2.05) is 23.7 Å². The number of nitrogens with two attached hydrogens (primary N) is 1. The number of aromatic nitrogens is 1. The van der Waals surface area contributed by atoms with Crippen LogP contribution in [-0.2, 0) is 0 Å². The van der Waals surface area contributed by atoms with E-state index in [-0.39, 0.29) is 6.04 Å². The molecule has 1 aliphatic heterocycles. The summed E-state index contributed by atoms with van der Waals surface area (Å²) in [7, 11) is 5.80. The van der Waals surface area contributed by atoms with Crippen molar-refractivity contribution in [2.45, 2.75) is 6.04 Å². The molecule has 1 saturated heterocycles. The Morgan fingerprint density at radius 3 is 2.52 bits per heavy atom. The van der Waals surface area contributed by atoms with Crippen LogP contribution in [0.2, 0.25) is 0 Å². The molecule has 8 heteroatoms. The average Bonchev–Trinajstić information content (AvgIpc) is 3.23. The van der Waals surface area contributed by atoms with Crippen molar-refractivity contribution in [1.82, 2.24) is 14.8 Å². The highest BCUT2D eigenvalue weighted by atomic mass is 32.1. The van der Waals surface area contributed by atoms with Crippen LogP contribution in [-0.4, -0.2) is 74.7 Å². The Hall–Kier alpha value is -2.32. The molecule has 0 aliphatic carbocycles. The Morgan fingerprint density at radius 2 is 1.96 bits per heavy atom. The number of benzene rings is 1. The number of nitrogens with zero attached hydrogens (tertiary/aromatic N) is 5. The maximum atomic E-state index is 6.29. The van der Waals surface area contributed by atoms with Gasteiger partial charge in [-0.1, -0.05) is 12.1 Å². The van der Waals surface area contributed by atoms with Gasteiger partial charge in [-0.05, 0) is 31.8 Å². The van der Waals surface area contributed by atoms with Crippen LogP contribution in [0.4, 0.5) is 5.13 Å². The van der Waals surface area contributed by atoms with Gasteiger partial charge in [-0.3, -0.25) is 4.99 Å². The van der Waals surface area contributed by atoms with Crippen molar-refractivity contribution in [2.24, 2.45) is 10.7 Å². The van der Waals surface area contributed by atoms with Crippen LogP contribution >= 0.6 is 11.3 Å². The van der Waals surface area contributed by atoms with E-state index < -0.39 is 0 Å². The lowest BCUT2D eigenvalue weighted by Gasteiger charge is -2.35. The van der Waals surface area contributed by atoms with Crippen LogP contribution in [0.25, 0.3) is 0 Å². The summed E-state index contributed by atoms with van der Waals surface area (Å²) in [5.41, 5.74) is 7.49. The molecule has 0 amide bonds. The molecule has 146 valence electrons. The number of hydrogen-bond acceptors (Lipinski definition) is 6. The van der Waals surface area contributed by atoms with Gasteiger partial charge in [-0.25, -0.2) is 4.98 Å². The molecule has 1 aromatic carbocycles. The lowest BCUT2D eigenvalue weighted by atomic mass is 10.1. The normalized spacial score (nSPS) is 16.7. The van der Waals surface area contributed by atoms with Crippen molar-refractivity contribution in [1.29, 1.82) is 0 Å². The fourth-order valence-electron chi connectivity index (χ4n) is 3.17.